The van der Waals surface area contributed by atoms with Crippen molar-refractivity contribution in [1.82, 2.24) is 10.2 Å². The minimum absolute atomic E-state index is 0.250. The Labute approximate surface area is 107 Å². The fourth-order valence-electron chi connectivity index (χ4n) is 2.27. The number of carbonyl (C=O) groups is 1. The molecular formula is C13H20N2OS. The van der Waals surface area contributed by atoms with Crippen LogP contribution in [0.25, 0.3) is 0 Å². The van der Waals surface area contributed by atoms with Gasteiger partial charge >= 0.3 is 0 Å². The van der Waals surface area contributed by atoms with Crippen LogP contribution < -0.4 is 5.32 Å². The Kier molecular flexibility index (Phi) is 4.57. The summed E-state index contributed by atoms with van der Waals surface area (Å²) >= 11 is 1.65. The molecule has 0 bridgehead atoms. The van der Waals surface area contributed by atoms with Gasteiger partial charge < -0.3 is 10.2 Å². The standard InChI is InChI=1S/C13H20N2OS/c1-2-15(9-12-4-3-6-14-12)13(16)8-11-5-7-17-10-11/h5,7,10,12,14H,2-4,6,8-9H2,1H3. The molecular weight excluding hydrogens is 232 g/mol. The third-order valence-electron chi connectivity index (χ3n) is 3.27. The predicted molar refractivity (Wildman–Crippen MR) is 71.3 cm³/mol. The number of nitrogens with zero attached hydrogens (tertiary/aromatic N) is 1. The van der Waals surface area contributed by atoms with Crippen LogP contribution in [0.1, 0.15) is 25.3 Å². The molecule has 17 heavy (non-hydrogen) atoms. The highest BCUT2D eigenvalue weighted by atomic mass is 32.1. The van der Waals surface area contributed by atoms with Crippen molar-refractivity contribution in [1.29, 1.82) is 0 Å². The molecule has 0 saturated carbocycles. The van der Waals surface area contributed by atoms with Gasteiger partial charge in [0.25, 0.3) is 0 Å². The summed E-state index contributed by atoms with van der Waals surface area (Å²) in [6.45, 7) is 4.82. The van der Waals surface area contributed by atoms with E-state index in [1.165, 1.54) is 12.8 Å². The molecule has 1 amide bonds. The van der Waals surface area contributed by atoms with Crippen molar-refractivity contribution in [3.63, 3.8) is 0 Å². The van der Waals surface area contributed by atoms with Crippen molar-refractivity contribution in [3.05, 3.63) is 22.4 Å². The van der Waals surface area contributed by atoms with E-state index < -0.39 is 0 Å². The summed E-state index contributed by atoms with van der Waals surface area (Å²) in [6.07, 6.45) is 2.98. The molecule has 2 rings (SSSR count). The van der Waals surface area contributed by atoms with Crippen LogP contribution in [0.3, 0.4) is 0 Å². The summed E-state index contributed by atoms with van der Waals surface area (Å²) < 4.78 is 0. The maximum absolute atomic E-state index is 12.1. The highest BCUT2D eigenvalue weighted by molar-refractivity contribution is 7.07. The fraction of sp³-hybridized carbons (Fsp3) is 0.615. The van der Waals surface area contributed by atoms with Crippen molar-refractivity contribution < 1.29 is 4.79 Å². The van der Waals surface area contributed by atoms with E-state index in [-0.39, 0.29) is 5.91 Å². The fourth-order valence-corrected chi connectivity index (χ4v) is 2.93. The molecule has 2 heterocycles. The molecule has 3 nitrogen and oxygen atoms in total. The van der Waals surface area contributed by atoms with Gasteiger partial charge in [-0.25, -0.2) is 0 Å². The smallest absolute Gasteiger partial charge is 0.227 e. The first-order valence-corrected chi connectivity index (χ1v) is 7.26. The number of thiophene rings is 1. The lowest BCUT2D eigenvalue weighted by molar-refractivity contribution is -0.130. The lowest BCUT2D eigenvalue weighted by Gasteiger charge is -2.24. The third kappa shape index (κ3) is 3.54. The lowest BCUT2D eigenvalue weighted by Crippen LogP contribution is -2.41. The molecule has 1 N–H and O–H groups in total. The van der Waals surface area contributed by atoms with E-state index >= 15 is 0 Å². The summed E-state index contributed by atoms with van der Waals surface area (Å²) in [5.74, 6) is 0.250. The number of hydrogen-bond acceptors (Lipinski definition) is 3. The number of amides is 1. The number of hydrogen-bond donors (Lipinski definition) is 1. The average Bonchev–Trinajstić information content (AvgIpc) is 2.97. The monoisotopic (exact) mass is 252 g/mol. The van der Waals surface area contributed by atoms with E-state index in [9.17, 15) is 4.79 Å². The average molecular weight is 252 g/mol. The quantitative estimate of drug-likeness (QED) is 0.868. The summed E-state index contributed by atoms with van der Waals surface area (Å²) in [5, 5.41) is 7.52. The van der Waals surface area contributed by atoms with E-state index in [0.29, 0.717) is 12.5 Å². The SMILES string of the molecule is CCN(CC1CCCN1)C(=O)Cc1ccsc1. The molecule has 1 aliphatic heterocycles. The Morgan fingerprint density at radius 3 is 3.12 bits per heavy atom. The van der Waals surface area contributed by atoms with Crippen LogP contribution in [-0.4, -0.2) is 36.5 Å². The summed E-state index contributed by atoms with van der Waals surface area (Å²) in [5.41, 5.74) is 1.14. The first-order chi connectivity index (χ1) is 8.29. The Morgan fingerprint density at radius 2 is 2.53 bits per heavy atom. The van der Waals surface area contributed by atoms with E-state index in [0.717, 1.165) is 25.2 Å². The molecule has 1 atom stereocenters. The molecule has 0 aromatic carbocycles. The molecule has 4 heteroatoms. The topological polar surface area (TPSA) is 32.3 Å². The molecule has 0 spiro atoms. The zero-order valence-corrected chi connectivity index (χ0v) is 11.1. The van der Waals surface area contributed by atoms with Crippen molar-refractivity contribution in [2.24, 2.45) is 0 Å². The van der Waals surface area contributed by atoms with Gasteiger partial charge in [-0.05, 0) is 48.7 Å². The maximum atomic E-state index is 12.1. The van der Waals surface area contributed by atoms with Gasteiger partial charge in [0.05, 0.1) is 6.42 Å². The molecule has 1 aliphatic rings. The van der Waals surface area contributed by atoms with E-state index in [1.54, 1.807) is 11.3 Å². The lowest BCUT2D eigenvalue weighted by atomic mass is 10.2. The van der Waals surface area contributed by atoms with Gasteiger partial charge in [0.15, 0.2) is 0 Å². The van der Waals surface area contributed by atoms with Crippen LogP contribution in [0.15, 0.2) is 16.8 Å². The normalized spacial score (nSPS) is 19.5. The highest BCUT2D eigenvalue weighted by Gasteiger charge is 2.20. The van der Waals surface area contributed by atoms with Gasteiger partial charge in [-0.2, -0.15) is 11.3 Å². The van der Waals surface area contributed by atoms with Gasteiger partial charge in [0, 0.05) is 19.1 Å². The first-order valence-electron chi connectivity index (χ1n) is 6.32. The second kappa shape index (κ2) is 6.17. The van der Waals surface area contributed by atoms with Crippen LogP contribution in [0.5, 0.6) is 0 Å². The number of nitrogens with one attached hydrogen (secondary N) is 1. The Morgan fingerprint density at radius 1 is 1.65 bits per heavy atom. The maximum Gasteiger partial charge on any atom is 0.227 e. The molecule has 0 radical (unpaired) electrons. The van der Waals surface area contributed by atoms with Crippen LogP contribution in [0.4, 0.5) is 0 Å². The number of carbonyl (C=O) groups excluding carboxylic acids is 1. The largest absolute Gasteiger partial charge is 0.341 e. The van der Waals surface area contributed by atoms with E-state index in [4.69, 9.17) is 0 Å². The molecule has 1 saturated heterocycles. The first kappa shape index (κ1) is 12.6. The van der Waals surface area contributed by atoms with E-state index in [1.807, 2.05) is 16.3 Å². The summed E-state index contributed by atoms with van der Waals surface area (Å²) in [4.78, 5) is 14.1. The Bertz CT molecular complexity index is 344. The van der Waals surface area contributed by atoms with Gasteiger partial charge in [-0.3, -0.25) is 4.79 Å². The minimum atomic E-state index is 0.250. The van der Waals surface area contributed by atoms with Crippen LogP contribution >= 0.6 is 11.3 Å². The minimum Gasteiger partial charge on any atom is -0.341 e. The van der Waals surface area contributed by atoms with Gasteiger partial charge in [0.2, 0.25) is 5.91 Å². The van der Waals surface area contributed by atoms with Gasteiger partial charge in [-0.15, -0.1) is 0 Å². The molecule has 1 unspecified atom stereocenters. The second-order valence-corrected chi connectivity index (χ2v) is 5.31. The molecule has 94 valence electrons. The zero-order chi connectivity index (χ0) is 12.1. The van der Waals surface area contributed by atoms with Gasteiger partial charge in [-0.1, -0.05) is 0 Å². The Balaban J connectivity index is 1.86. The van der Waals surface area contributed by atoms with Gasteiger partial charge in [0.1, 0.15) is 0 Å². The van der Waals surface area contributed by atoms with E-state index in [2.05, 4.69) is 17.6 Å². The number of likely N-dealkylation sites (N-methyl/N-ethyl adjacent to an activating group) is 1. The summed E-state index contributed by atoms with van der Waals surface area (Å²) in [7, 11) is 0. The predicted octanol–water partition coefficient (Wildman–Crippen LogP) is 1.89. The number of rotatable bonds is 5. The second-order valence-electron chi connectivity index (χ2n) is 4.53. The van der Waals surface area contributed by atoms with Crippen LogP contribution in [-0.2, 0) is 11.2 Å². The molecule has 0 aliphatic carbocycles. The summed E-state index contributed by atoms with van der Waals surface area (Å²) in [6, 6.07) is 2.53. The zero-order valence-electron chi connectivity index (χ0n) is 10.3. The van der Waals surface area contributed by atoms with Crippen LogP contribution in [0, 0.1) is 0 Å². The van der Waals surface area contributed by atoms with Crippen molar-refractivity contribution >= 4 is 17.2 Å². The highest BCUT2D eigenvalue weighted by Crippen LogP contribution is 2.11. The third-order valence-corrected chi connectivity index (χ3v) is 4.01. The molecule has 1 fully saturated rings. The van der Waals surface area contributed by atoms with Crippen molar-refractivity contribution in [3.8, 4) is 0 Å². The van der Waals surface area contributed by atoms with Crippen molar-refractivity contribution in [2.45, 2.75) is 32.2 Å². The Hall–Kier alpha value is -0.870. The van der Waals surface area contributed by atoms with Crippen molar-refractivity contribution in [2.75, 3.05) is 19.6 Å². The molecule has 1 aromatic rings. The molecule has 1 aromatic heterocycles. The van der Waals surface area contributed by atoms with Crippen LogP contribution in [0.2, 0.25) is 0 Å².